The summed E-state index contributed by atoms with van der Waals surface area (Å²) in [6.07, 6.45) is 0. The number of sulfonamides is 1. The van der Waals surface area contributed by atoms with Gasteiger partial charge in [-0.3, -0.25) is 9.80 Å². The highest BCUT2D eigenvalue weighted by molar-refractivity contribution is 7.89. The molecule has 0 aliphatic carbocycles. The third-order valence-corrected chi connectivity index (χ3v) is 6.04. The van der Waals surface area contributed by atoms with Crippen LogP contribution >= 0.6 is 0 Å². The van der Waals surface area contributed by atoms with Crippen LogP contribution in [-0.2, 0) is 10.0 Å². The summed E-state index contributed by atoms with van der Waals surface area (Å²) >= 11 is 0. The van der Waals surface area contributed by atoms with Crippen molar-refractivity contribution in [2.24, 2.45) is 0 Å². The van der Waals surface area contributed by atoms with Gasteiger partial charge in [0, 0.05) is 32.2 Å². The lowest BCUT2D eigenvalue weighted by molar-refractivity contribution is 0.0996. The fourth-order valence-electron chi connectivity index (χ4n) is 3.16. The standard InChI is InChI=1S/C17H29N3O2S/c1-14(2)15-7-5-6-8-16(15)17-13-20(10-9-19(17)4)11-12-23(21,22)18-3/h5-8,14,17-18H,9-13H2,1-4H3. The van der Waals surface area contributed by atoms with Gasteiger partial charge in [-0.15, -0.1) is 0 Å². The van der Waals surface area contributed by atoms with Gasteiger partial charge in [-0.05, 0) is 31.1 Å². The second-order valence-corrected chi connectivity index (χ2v) is 8.65. The molecule has 1 heterocycles. The summed E-state index contributed by atoms with van der Waals surface area (Å²) in [6, 6.07) is 8.93. The quantitative estimate of drug-likeness (QED) is 0.856. The Morgan fingerprint density at radius 3 is 2.61 bits per heavy atom. The Balaban J connectivity index is 2.13. The van der Waals surface area contributed by atoms with Crippen LogP contribution < -0.4 is 4.72 Å². The third kappa shape index (κ3) is 4.76. The van der Waals surface area contributed by atoms with Gasteiger partial charge in [-0.25, -0.2) is 13.1 Å². The highest BCUT2D eigenvalue weighted by atomic mass is 32.2. The molecule has 1 aliphatic rings. The Labute approximate surface area is 140 Å². The first-order valence-electron chi connectivity index (χ1n) is 8.26. The molecule has 1 aliphatic heterocycles. The van der Waals surface area contributed by atoms with Crippen LogP contribution in [0.2, 0.25) is 0 Å². The van der Waals surface area contributed by atoms with E-state index in [4.69, 9.17) is 0 Å². The second-order valence-electron chi connectivity index (χ2n) is 6.60. The fraction of sp³-hybridized carbons (Fsp3) is 0.647. The minimum absolute atomic E-state index is 0.158. The van der Waals surface area contributed by atoms with Gasteiger partial charge < -0.3 is 0 Å². The van der Waals surface area contributed by atoms with Crippen LogP contribution in [0.25, 0.3) is 0 Å². The van der Waals surface area contributed by atoms with Crippen molar-refractivity contribution in [2.45, 2.75) is 25.8 Å². The van der Waals surface area contributed by atoms with Gasteiger partial charge in [-0.1, -0.05) is 38.1 Å². The van der Waals surface area contributed by atoms with Crippen molar-refractivity contribution in [2.75, 3.05) is 46.0 Å². The van der Waals surface area contributed by atoms with Crippen LogP contribution in [0.4, 0.5) is 0 Å². The van der Waals surface area contributed by atoms with E-state index in [1.54, 1.807) is 0 Å². The molecule has 0 bridgehead atoms. The zero-order valence-corrected chi connectivity index (χ0v) is 15.4. The molecule has 0 aromatic heterocycles. The molecular weight excluding hydrogens is 310 g/mol. The number of hydrogen-bond donors (Lipinski definition) is 1. The summed E-state index contributed by atoms with van der Waals surface area (Å²) < 4.78 is 25.7. The molecule has 1 fully saturated rings. The number of benzene rings is 1. The summed E-state index contributed by atoms with van der Waals surface area (Å²) in [7, 11) is 0.488. The lowest BCUT2D eigenvalue weighted by Crippen LogP contribution is -2.48. The average molecular weight is 340 g/mol. The molecule has 0 saturated carbocycles. The fourth-order valence-corrected chi connectivity index (χ4v) is 3.86. The smallest absolute Gasteiger partial charge is 0.212 e. The van der Waals surface area contributed by atoms with E-state index >= 15 is 0 Å². The van der Waals surface area contributed by atoms with E-state index in [9.17, 15) is 8.42 Å². The Hall–Kier alpha value is -0.950. The van der Waals surface area contributed by atoms with E-state index in [1.807, 2.05) is 0 Å². The summed E-state index contributed by atoms with van der Waals surface area (Å²) in [5, 5.41) is 0. The van der Waals surface area contributed by atoms with Gasteiger partial charge in [0.25, 0.3) is 0 Å². The Bertz CT molecular complexity index is 616. The van der Waals surface area contributed by atoms with Gasteiger partial charge in [0.2, 0.25) is 10.0 Å². The van der Waals surface area contributed by atoms with Gasteiger partial charge >= 0.3 is 0 Å². The minimum atomic E-state index is -3.14. The van der Waals surface area contributed by atoms with Crippen molar-refractivity contribution < 1.29 is 8.42 Å². The molecule has 1 aromatic carbocycles. The first-order valence-corrected chi connectivity index (χ1v) is 9.92. The summed E-state index contributed by atoms with van der Waals surface area (Å²) in [5.74, 6) is 0.644. The largest absolute Gasteiger partial charge is 0.299 e. The summed E-state index contributed by atoms with van der Waals surface area (Å²) in [5.41, 5.74) is 2.75. The molecule has 6 heteroatoms. The number of piperazine rings is 1. The molecule has 1 aromatic rings. The van der Waals surface area contributed by atoms with Crippen LogP contribution in [0.3, 0.4) is 0 Å². The maximum Gasteiger partial charge on any atom is 0.212 e. The van der Waals surface area contributed by atoms with Crippen molar-refractivity contribution in [3.63, 3.8) is 0 Å². The van der Waals surface area contributed by atoms with E-state index in [1.165, 1.54) is 18.2 Å². The zero-order valence-electron chi connectivity index (χ0n) is 14.6. The number of hydrogen-bond acceptors (Lipinski definition) is 4. The molecule has 0 spiro atoms. The lowest BCUT2D eigenvalue weighted by atomic mass is 9.91. The normalized spacial score (nSPS) is 21.0. The molecule has 1 unspecified atom stereocenters. The predicted octanol–water partition coefficient (Wildman–Crippen LogP) is 1.65. The highest BCUT2D eigenvalue weighted by Gasteiger charge is 2.28. The molecule has 2 rings (SSSR count). The van der Waals surface area contributed by atoms with E-state index < -0.39 is 10.0 Å². The minimum Gasteiger partial charge on any atom is -0.299 e. The van der Waals surface area contributed by atoms with Gasteiger partial charge in [-0.2, -0.15) is 0 Å². The molecule has 23 heavy (non-hydrogen) atoms. The number of nitrogens with one attached hydrogen (secondary N) is 1. The maximum absolute atomic E-state index is 11.7. The van der Waals surface area contributed by atoms with Crippen molar-refractivity contribution >= 4 is 10.0 Å². The molecule has 1 saturated heterocycles. The van der Waals surface area contributed by atoms with Gasteiger partial charge in [0.1, 0.15) is 0 Å². The maximum atomic E-state index is 11.7. The summed E-state index contributed by atoms with van der Waals surface area (Å²) in [4.78, 5) is 4.64. The summed E-state index contributed by atoms with van der Waals surface area (Å²) in [6.45, 7) is 7.77. The number of nitrogens with zero attached hydrogens (tertiary/aromatic N) is 2. The first-order chi connectivity index (χ1) is 10.8. The Kier molecular flexibility index (Phi) is 6.19. The van der Waals surface area contributed by atoms with Crippen molar-refractivity contribution in [3.05, 3.63) is 35.4 Å². The topological polar surface area (TPSA) is 52.7 Å². The molecule has 0 amide bonds. The molecular formula is C17H29N3O2S. The van der Waals surface area contributed by atoms with Crippen molar-refractivity contribution in [1.29, 1.82) is 0 Å². The van der Waals surface area contributed by atoms with Crippen LogP contribution in [0, 0.1) is 0 Å². The Morgan fingerprint density at radius 1 is 1.26 bits per heavy atom. The molecule has 0 radical (unpaired) electrons. The van der Waals surface area contributed by atoms with Gasteiger partial charge in [0.05, 0.1) is 5.75 Å². The highest BCUT2D eigenvalue weighted by Crippen LogP contribution is 2.30. The predicted molar refractivity (Wildman–Crippen MR) is 95.2 cm³/mol. The van der Waals surface area contributed by atoms with Crippen LogP contribution in [0.1, 0.15) is 36.9 Å². The van der Waals surface area contributed by atoms with E-state index in [0.29, 0.717) is 18.5 Å². The zero-order chi connectivity index (χ0) is 17.0. The van der Waals surface area contributed by atoms with Crippen LogP contribution in [-0.4, -0.2) is 64.2 Å². The number of likely N-dealkylation sites (N-methyl/N-ethyl adjacent to an activating group) is 1. The number of rotatable bonds is 6. The monoisotopic (exact) mass is 339 g/mol. The molecule has 130 valence electrons. The Morgan fingerprint density at radius 2 is 1.96 bits per heavy atom. The van der Waals surface area contributed by atoms with Crippen molar-refractivity contribution in [3.8, 4) is 0 Å². The molecule has 5 nitrogen and oxygen atoms in total. The van der Waals surface area contributed by atoms with Crippen LogP contribution in [0.15, 0.2) is 24.3 Å². The van der Waals surface area contributed by atoms with Crippen molar-refractivity contribution in [1.82, 2.24) is 14.5 Å². The van der Waals surface area contributed by atoms with E-state index in [-0.39, 0.29) is 5.75 Å². The van der Waals surface area contributed by atoms with Gasteiger partial charge in [0.15, 0.2) is 0 Å². The molecule has 1 N–H and O–H groups in total. The SMILES string of the molecule is CNS(=O)(=O)CCN1CCN(C)C(c2ccccc2C(C)C)C1. The van der Waals surface area contributed by atoms with E-state index in [2.05, 4.69) is 59.7 Å². The first kappa shape index (κ1) is 18.4. The lowest BCUT2D eigenvalue weighted by Gasteiger charge is -2.40. The van der Waals surface area contributed by atoms with E-state index in [0.717, 1.165) is 19.6 Å². The molecule has 1 atom stereocenters. The van der Waals surface area contributed by atoms with Crippen LogP contribution in [0.5, 0.6) is 0 Å². The second kappa shape index (κ2) is 7.75. The average Bonchev–Trinajstić information content (AvgIpc) is 2.54. The third-order valence-electron chi connectivity index (χ3n) is 4.70.